The number of hydrogen-bond donors (Lipinski definition) is 5. The Balaban J connectivity index is -0.00000242. The number of aliphatic hydroxyl groups is 5. The topological polar surface area (TPSA) is 145 Å². The summed E-state index contributed by atoms with van der Waals surface area (Å²) in [6, 6.07) is -1.19. The first-order valence-corrected chi connectivity index (χ1v) is 8.88. The Labute approximate surface area is 206 Å². The smallest absolute Gasteiger partial charge is 0.548 e. The maximum Gasteiger partial charge on any atom is 1.00 e. The molecule has 25 heavy (non-hydrogen) atoms. The second kappa shape index (κ2) is 16.7. The van der Waals surface area contributed by atoms with Crippen molar-refractivity contribution < 1.29 is 94.5 Å². The van der Waals surface area contributed by atoms with Crippen LogP contribution < -0.4 is 64.2 Å². The third-order valence-electron chi connectivity index (χ3n) is 3.19. The molecule has 0 aliphatic carbocycles. The van der Waals surface area contributed by atoms with Crippen LogP contribution in [0.3, 0.4) is 0 Å². The average molecular weight is 433 g/mol. The Hall–Kier alpha value is 1.73. The fourth-order valence-corrected chi connectivity index (χ4v) is 2.69. The third-order valence-corrected chi connectivity index (χ3v) is 4.30. The van der Waals surface area contributed by atoms with Crippen molar-refractivity contribution >= 4 is 46.9 Å². The first kappa shape index (κ1) is 31.4. The fourth-order valence-electron chi connectivity index (χ4n) is 1.83. The Bertz CT molecular complexity index is 398. The van der Waals surface area contributed by atoms with Gasteiger partial charge in [-0.3, -0.25) is 0 Å². The molecule has 0 aromatic carbocycles. The molecule has 0 heterocycles. The zero-order chi connectivity index (χ0) is 18.2. The quantitative estimate of drug-likeness (QED) is 0.120. The molecule has 0 bridgehead atoms. The summed E-state index contributed by atoms with van der Waals surface area (Å²) in [5.74, 6) is -0.943. The summed E-state index contributed by atoms with van der Waals surface area (Å²) in [5.41, 5.74) is 0. The van der Waals surface area contributed by atoms with Crippen molar-refractivity contribution in [2.75, 3.05) is 25.2 Å². The van der Waals surface area contributed by atoms with Gasteiger partial charge in [0.05, 0.1) is 24.7 Å². The molecule has 0 aromatic rings. The summed E-state index contributed by atoms with van der Waals surface area (Å²) < 4.78 is -0.233. The van der Waals surface area contributed by atoms with Gasteiger partial charge in [0.2, 0.25) is 0 Å². The molecule has 13 heteroatoms. The van der Waals surface area contributed by atoms with Crippen LogP contribution in [0.4, 0.5) is 0 Å². The summed E-state index contributed by atoms with van der Waals surface area (Å²) in [6.07, 6.45) is -5.01. The largest absolute Gasteiger partial charge is 1.00 e. The van der Waals surface area contributed by atoms with Gasteiger partial charge in [0, 0.05) is 6.54 Å². The Morgan fingerprint density at radius 1 is 1.20 bits per heavy atom. The number of thioether (sulfide) groups is 1. The van der Waals surface area contributed by atoms with E-state index in [0.717, 1.165) is 4.90 Å². The second-order valence-electron chi connectivity index (χ2n) is 4.83. The van der Waals surface area contributed by atoms with Gasteiger partial charge in [0.1, 0.15) is 18.3 Å². The average Bonchev–Trinajstić information content (AvgIpc) is 2.50. The van der Waals surface area contributed by atoms with E-state index in [-0.39, 0.29) is 69.9 Å². The minimum absolute atomic E-state index is 0. The number of nitrogens with zero attached hydrogens (tertiary/aromatic N) is 1. The number of hydrogen-bond acceptors (Lipinski definition) is 10. The molecule has 0 aliphatic rings. The van der Waals surface area contributed by atoms with Crippen LogP contribution in [0.1, 0.15) is 6.42 Å². The summed E-state index contributed by atoms with van der Waals surface area (Å²) >= 11 is 11.0. The van der Waals surface area contributed by atoms with Gasteiger partial charge >= 0.3 is 59.1 Å². The van der Waals surface area contributed by atoms with E-state index in [0.29, 0.717) is 5.75 Å². The number of carbonyl (C=O) groups excluding carboxylic acids is 1. The molecular formula is C12H21NNa2O7S3. The van der Waals surface area contributed by atoms with E-state index < -0.39 is 49.6 Å². The van der Waals surface area contributed by atoms with E-state index in [1.807, 2.05) is 0 Å². The molecular weight excluding hydrogens is 412 g/mol. The summed E-state index contributed by atoms with van der Waals surface area (Å²) in [6.45, 7) is -1.28. The Morgan fingerprint density at radius 2 is 1.68 bits per heavy atom. The number of carbonyl (C=O) groups is 1. The molecule has 5 N–H and O–H groups in total. The van der Waals surface area contributed by atoms with Crippen molar-refractivity contribution in [2.24, 2.45) is 0 Å². The predicted octanol–water partition coefficient (Wildman–Crippen LogP) is -9.56. The number of rotatable bonds is 11. The van der Waals surface area contributed by atoms with Gasteiger partial charge in [-0.15, -0.1) is 0 Å². The van der Waals surface area contributed by atoms with Crippen LogP contribution in [-0.4, -0.2) is 96.3 Å². The van der Waals surface area contributed by atoms with Crippen molar-refractivity contribution in [1.29, 1.82) is 0 Å². The molecule has 0 aromatic heterocycles. The van der Waals surface area contributed by atoms with Crippen LogP contribution in [0.5, 0.6) is 0 Å². The summed E-state index contributed by atoms with van der Waals surface area (Å²) in [4.78, 5) is 12.3. The molecule has 0 fully saturated rings. The Morgan fingerprint density at radius 3 is 2.04 bits per heavy atom. The molecule has 5 atom stereocenters. The number of thiocarbonyl (C=S) groups is 1. The van der Waals surface area contributed by atoms with Crippen LogP contribution >= 0.6 is 24.0 Å². The zero-order valence-electron chi connectivity index (χ0n) is 14.4. The molecule has 0 amide bonds. The molecule has 136 valence electrons. The van der Waals surface area contributed by atoms with Crippen molar-refractivity contribution in [3.8, 4) is 0 Å². The van der Waals surface area contributed by atoms with Crippen molar-refractivity contribution in [1.82, 2.24) is 4.90 Å². The van der Waals surface area contributed by atoms with E-state index in [1.165, 1.54) is 11.8 Å². The maximum atomic E-state index is 11.3. The number of carboxylic acids is 1. The standard InChI is InChI=1S/C12H23NO7S3.2Na/c1-23-3-2-6(11(19)20)13(12(21)22)4-7(15)9(17)10(18)8(16)5-14;;/h6-10,14-18H,2-5H2,1H3,(H,19,20)(H,21,22);;/q;2*+1/p-2/t6-,7-,8+,9+,10+;;/m0../s1. The molecule has 0 aliphatic heterocycles. The second-order valence-corrected chi connectivity index (χ2v) is 6.85. The van der Waals surface area contributed by atoms with Crippen molar-refractivity contribution in [2.45, 2.75) is 36.9 Å². The normalized spacial score (nSPS) is 16.4. The van der Waals surface area contributed by atoms with E-state index >= 15 is 0 Å². The number of aliphatic carboxylic acids is 1. The molecule has 0 saturated heterocycles. The fraction of sp³-hybridized carbons (Fsp3) is 0.833. The first-order valence-electron chi connectivity index (χ1n) is 6.67. The molecule has 0 unspecified atom stereocenters. The van der Waals surface area contributed by atoms with Crippen LogP contribution in [0, 0.1) is 0 Å². The molecule has 0 spiro atoms. The van der Waals surface area contributed by atoms with Crippen LogP contribution in [0.25, 0.3) is 0 Å². The summed E-state index contributed by atoms with van der Waals surface area (Å²) in [5, 5.41) is 58.5. The first-order chi connectivity index (χ1) is 10.7. The van der Waals surface area contributed by atoms with Crippen LogP contribution in [-0.2, 0) is 17.4 Å². The van der Waals surface area contributed by atoms with Gasteiger partial charge in [-0.05, 0) is 18.4 Å². The monoisotopic (exact) mass is 433 g/mol. The Kier molecular flexibility index (Phi) is 20.9. The number of aliphatic hydroxyl groups excluding tert-OH is 5. The van der Waals surface area contributed by atoms with E-state index in [9.17, 15) is 30.3 Å². The van der Waals surface area contributed by atoms with Crippen molar-refractivity contribution in [3.05, 3.63) is 0 Å². The van der Waals surface area contributed by atoms with Gasteiger partial charge in [0.25, 0.3) is 0 Å². The van der Waals surface area contributed by atoms with Crippen LogP contribution in [0.15, 0.2) is 0 Å². The molecule has 0 rings (SSSR count). The minimum Gasteiger partial charge on any atom is -0.548 e. The van der Waals surface area contributed by atoms with Gasteiger partial charge in [-0.2, -0.15) is 11.8 Å². The van der Waals surface area contributed by atoms with Crippen molar-refractivity contribution in [3.63, 3.8) is 0 Å². The molecule has 0 radical (unpaired) electrons. The van der Waals surface area contributed by atoms with Gasteiger partial charge in [-0.25, -0.2) is 0 Å². The molecule has 0 saturated carbocycles. The zero-order valence-corrected chi connectivity index (χ0v) is 20.9. The number of carboxylic acid groups (broad SMARTS) is 1. The summed E-state index contributed by atoms with van der Waals surface area (Å²) in [7, 11) is 0. The maximum absolute atomic E-state index is 11.3. The third kappa shape index (κ3) is 11.3. The van der Waals surface area contributed by atoms with Gasteiger partial charge in [-0.1, -0.05) is 4.32 Å². The van der Waals surface area contributed by atoms with Gasteiger partial charge in [0.15, 0.2) is 0 Å². The van der Waals surface area contributed by atoms with E-state index in [1.54, 1.807) is 6.26 Å². The molecule has 8 nitrogen and oxygen atoms in total. The van der Waals surface area contributed by atoms with E-state index in [2.05, 4.69) is 0 Å². The SMILES string of the molecule is CSCC[C@@H](C(=O)[O-])N(C[C@H](O)[C@@H](O)[C@H](O)[C@H](O)CO)C(=S)[S-].[Na+].[Na+]. The van der Waals surface area contributed by atoms with Gasteiger partial charge < -0.3 is 65.2 Å². The minimum atomic E-state index is -1.83. The predicted molar refractivity (Wildman–Crippen MR) is 89.6 cm³/mol. The van der Waals surface area contributed by atoms with Crippen LogP contribution in [0.2, 0.25) is 0 Å². The van der Waals surface area contributed by atoms with E-state index in [4.69, 9.17) is 30.0 Å².